The molecule has 0 aliphatic carbocycles. The Morgan fingerprint density at radius 2 is 2.05 bits per heavy atom. The van der Waals surface area contributed by atoms with Crippen molar-refractivity contribution in [3.63, 3.8) is 0 Å². The van der Waals surface area contributed by atoms with Gasteiger partial charge in [0.25, 0.3) is 0 Å². The van der Waals surface area contributed by atoms with E-state index >= 15 is 0 Å². The monoisotopic (exact) mass is 288 g/mol. The molecule has 3 nitrogen and oxygen atoms in total. The van der Waals surface area contributed by atoms with Crippen LogP contribution in [0.3, 0.4) is 0 Å². The Morgan fingerprint density at radius 3 is 2.75 bits per heavy atom. The molecule has 1 aliphatic heterocycles. The van der Waals surface area contributed by atoms with E-state index in [1.807, 2.05) is 12.1 Å². The molecule has 1 aromatic heterocycles. The first kappa shape index (κ1) is 13.4. The molecule has 0 atom stereocenters. The highest BCUT2D eigenvalue weighted by Gasteiger charge is 2.21. The summed E-state index contributed by atoms with van der Waals surface area (Å²) in [5.41, 5.74) is 2.48. The zero-order chi connectivity index (χ0) is 14.1. The number of nitrogens with zero attached hydrogens (tertiary/aromatic N) is 2. The van der Waals surface area contributed by atoms with E-state index < -0.39 is 0 Å². The zero-order valence-corrected chi connectivity index (χ0v) is 12.3. The molecule has 1 aromatic carbocycles. The van der Waals surface area contributed by atoms with Crippen LogP contribution in [-0.4, -0.2) is 23.9 Å². The molecular weight excluding hydrogens is 272 g/mol. The number of rotatable bonds is 2. The summed E-state index contributed by atoms with van der Waals surface area (Å²) in [6.07, 6.45) is 5.34. The lowest BCUT2D eigenvalue weighted by Crippen LogP contribution is -2.31. The third-order valence-electron chi connectivity index (χ3n) is 3.87. The maximum atomic E-state index is 12.0. The minimum absolute atomic E-state index is 0.0417. The predicted molar refractivity (Wildman–Crippen MR) is 82.8 cm³/mol. The van der Waals surface area contributed by atoms with Crippen LogP contribution in [0, 0.1) is 0 Å². The summed E-state index contributed by atoms with van der Waals surface area (Å²) >= 11 is 6.31. The van der Waals surface area contributed by atoms with Gasteiger partial charge in [-0.3, -0.25) is 9.78 Å². The normalized spacial score (nSPS) is 15.6. The molecule has 2 heterocycles. The van der Waals surface area contributed by atoms with Crippen molar-refractivity contribution in [1.29, 1.82) is 0 Å². The van der Waals surface area contributed by atoms with Gasteiger partial charge in [0.2, 0.25) is 0 Å². The van der Waals surface area contributed by atoms with Crippen molar-refractivity contribution >= 4 is 34.0 Å². The van der Waals surface area contributed by atoms with E-state index in [1.54, 1.807) is 19.2 Å². The molecule has 0 radical (unpaired) electrons. The maximum Gasteiger partial charge on any atom is 0.162 e. The van der Waals surface area contributed by atoms with Crippen molar-refractivity contribution in [2.45, 2.75) is 26.2 Å². The topological polar surface area (TPSA) is 33.2 Å². The van der Waals surface area contributed by atoms with E-state index in [1.165, 1.54) is 6.42 Å². The van der Waals surface area contributed by atoms with Gasteiger partial charge in [0.15, 0.2) is 5.78 Å². The maximum absolute atomic E-state index is 12.0. The average Bonchev–Trinajstić information content (AvgIpc) is 2.48. The number of carbonyl (C=O) groups excluding carboxylic acids is 1. The van der Waals surface area contributed by atoms with E-state index in [2.05, 4.69) is 9.88 Å². The Balaban J connectivity index is 2.27. The van der Waals surface area contributed by atoms with Gasteiger partial charge >= 0.3 is 0 Å². The number of ketones is 1. The van der Waals surface area contributed by atoms with Crippen LogP contribution in [0.25, 0.3) is 10.9 Å². The van der Waals surface area contributed by atoms with Crippen LogP contribution in [-0.2, 0) is 0 Å². The molecule has 104 valence electrons. The first-order valence-corrected chi connectivity index (χ1v) is 7.39. The van der Waals surface area contributed by atoms with Crippen molar-refractivity contribution in [2.24, 2.45) is 0 Å². The molecule has 1 fully saturated rings. The third-order valence-corrected chi connectivity index (χ3v) is 4.18. The largest absolute Gasteiger partial charge is 0.369 e. The Labute approximate surface area is 123 Å². The summed E-state index contributed by atoms with van der Waals surface area (Å²) in [4.78, 5) is 18.8. The second kappa shape index (κ2) is 5.41. The lowest BCUT2D eigenvalue weighted by atomic mass is 10.0. The quantitative estimate of drug-likeness (QED) is 0.781. The van der Waals surface area contributed by atoms with Gasteiger partial charge in [0.1, 0.15) is 0 Å². The lowest BCUT2D eigenvalue weighted by molar-refractivity contribution is 0.101. The van der Waals surface area contributed by atoms with Crippen LogP contribution >= 0.6 is 11.6 Å². The highest BCUT2D eigenvalue weighted by molar-refractivity contribution is 6.36. The summed E-state index contributed by atoms with van der Waals surface area (Å²) in [5, 5.41) is 1.51. The predicted octanol–water partition coefficient (Wildman–Crippen LogP) is 4.08. The van der Waals surface area contributed by atoms with Gasteiger partial charge in [-0.1, -0.05) is 11.6 Å². The molecule has 0 amide bonds. The van der Waals surface area contributed by atoms with Gasteiger partial charge < -0.3 is 4.90 Å². The fourth-order valence-electron chi connectivity index (χ4n) is 2.89. The minimum Gasteiger partial charge on any atom is -0.369 e. The standard InChI is InChI=1S/C16H17ClN2O/c1-11(20)13-10-14(17)12-6-5-7-18-15(12)16(13)19-8-3-2-4-9-19/h5-7,10H,2-4,8-9H2,1H3. The second-order valence-corrected chi connectivity index (χ2v) is 5.67. The van der Waals surface area contributed by atoms with Gasteiger partial charge in [-0.2, -0.15) is 0 Å². The average molecular weight is 289 g/mol. The van der Waals surface area contributed by atoms with Crippen LogP contribution < -0.4 is 4.90 Å². The summed E-state index contributed by atoms with van der Waals surface area (Å²) in [7, 11) is 0. The summed E-state index contributed by atoms with van der Waals surface area (Å²) in [5.74, 6) is 0.0417. The first-order chi connectivity index (χ1) is 9.68. The van der Waals surface area contributed by atoms with Crippen molar-refractivity contribution in [2.75, 3.05) is 18.0 Å². The van der Waals surface area contributed by atoms with Crippen LogP contribution in [0.15, 0.2) is 24.4 Å². The van der Waals surface area contributed by atoms with E-state index in [4.69, 9.17) is 11.6 Å². The number of aromatic nitrogens is 1. The van der Waals surface area contributed by atoms with Crippen molar-refractivity contribution < 1.29 is 4.79 Å². The highest BCUT2D eigenvalue weighted by atomic mass is 35.5. The molecule has 0 bridgehead atoms. The second-order valence-electron chi connectivity index (χ2n) is 5.26. The summed E-state index contributed by atoms with van der Waals surface area (Å²) in [6, 6.07) is 5.63. The molecule has 0 saturated carbocycles. The number of Topliss-reactive ketones (excluding diaryl/α,β-unsaturated/α-hetero) is 1. The molecular formula is C16H17ClN2O. The number of hydrogen-bond donors (Lipinski definition) is 0. The fraction of sp³-hybridized carbons (Fsp3) is 0.375. The zero-order valence-electron chi connectivity index (χ0n) is 11.5. The fourth-order valence-corrected chi connectivity index (χ4v) is 3.15. The number of fused-ring (bicyclic) bond motifs is 1. The van der Waals surface area contributed by atoms with Crippen molar-refractivity contribution in [3.05, 3.63) is 35.0 Å². The van der Waals surface area contributed by atoms with E-state index in [9.17, 15) is 4.79 Å². The molecule has 2 aromatic rings. The molecule has 3 rings (SSSR count). The summed E-state index contributed by atoms with van der Waals surface area (Å²) in [6.45, 7) is 3.55. The number of piperidine rings is 1. The number of hydrogen-bond acceptors (Lipinski definition) is 3. The minimum atomic E-state index is 0.0417. The molecule has 1 aliphatic rings. The van der Waals surface area contributed by atoms with E-state index in [-0.39, 0.29) is 5.78 Å². The van der Waals surface area contributed by atoms with Crippen molar-refractivity contribution in [3.8, 4) is 0 Å². The van der Waals surface area contributed by atoms with E-state index in [0.717, 1.165) is 42.5 Å². The lowest BCUT2D eigenvalue weighted by Gasteiger charge is -2.31. The van der Waals surface area contributed by atoms with Crippen LogP contribution in [0.4, 0.5) is 5.69 Å². The molecule has 0 N–H and O–H groups in total. The Kier molecular flexibility index (Phi) is 3.62. The number of pyridine rings is 1. The first-order valence-electron chi connectivity index (χ1n) is 7.01. The molecule has 0 spiro atoms. The van der Waals surface area contributed by atoms with Gasteiger partial charge in [-0.15, -0.1) is 0 Å². The molecule has 20 heavy (non-hydrogen) atoms. The number of benzene rings is 1. The number of anilines is 1. The highest BCUT2D eigenvalue weighted by Crippen LogP contribution is 2.36. The third kappa shape index (κ3) is 2.27. The van der Waals surface area contributed by atoms with Gasteiger partial charge in [0, 0.05) is 30.2 Å². The van der Waals surface area contributed by atoms with Gasteiger partial charge in [-0.25, -0.2) is 0 Å². The Bertz CT molecular complexity index is 663. The van der Waals surface area contributed by atoms with Crippen LogP contribution in [0.5, 0.6) is 0 Å². The van der Waals surface area contributed by atoms with Crippen LogP contribution in [0.1, 0.15) is 36.5 Å². The number of halogens is 1. The Morgan fingerprint density at radius 1 is 1.30 bits per heavy atom. The van der Waals surface area contributed by atoms with Gasteiger partial charge in [0.05, 0.1) is 16.2 Å². The van der Waals surface area contributed by atoms with Crippen LogP contribution in [0.2, 0.25) is 5.02 Å². The number of carbonyl (C=O) groups is 1. The summed E-state index contributed by atoms with van der Waals surface area (Å²) < 4.78 is 0. The van der Waals surface area contributed by atoms with Crippen molar-refractivity contribution in [1.82, 2.24) is 4.98 Å². The molecule has 0 unspecified atom stereocenters. The molecule has 4 heteroatoms. The smallest absolute Gasteiger partial charge is 0.162 e. The SMILES string of the molecule is CC(=O)c1cc(Cl)c2cccnc2c1N1CCCCC1. The van der Waals surface area contributed by atoms with Gasteiger partial charge in [-0.05, 0) is 44.4 Å². The Hall–Kier alpha value is -1.61. The van der Waals surface area contributed by atoms with E-state index in [0.29, 0.717) is 10.6 Å². The molecule has 1 saturated heterocycles.